The SMILES string of the molecule is CCCC(=O)OCC1OC(OC2C(COC(=O)CCC)OC(OC(=O)CCC)C(OC(=O)CCC)C2OC(=O)CCC)C(OC(=O)CCC)C(OC(=O)CCC)C1OC(=O)CCC. The average molecular weight is 903 g/mol. The minimum Gasteiger partial charge on any atom is -0.463 e. The van der Waals surface area contributed by atoms with E-state index in [-0.39, 0.29) is 51.4 Å². The third-order valence-electron chi connectivity index (χ3n) is 9.51. The predicted molar refractivity (Wildman–Crippen MR) is 219 cm³/mol. The maximum atomic E-state index is 13.5. The van der Waals surface area contributed by atoms with Gasteiger partial charge in [-0.1, -0.05) is 55.4 Å². The fourth-order valence-corrected chi connectivity index (χ4v) is 6.58. The van der Waals surface area contributed by atoms with Gasteiger partial charge in [-0.3, -0.25) is 38.4 Å². The highest BCUT2D eigenvalue weighted by Gasteiger charge is 2.58. The van der Waals surface area contributed by atoms with E-state index in [0.29, 0.717) is 51.4 Å². The molecule has 63 heavy (non-hydrogen) atoms. The Labute approximate surface area is 370 Å². The van der Waals surface area contributed by atoms with Gasteiger partial charge in [-0.15, -0.1) is 0 Å². The van der Waals surface area contributed by atoms with Crippen molar-refractivity contribution in [3.05, 3.63) is 0 Å². The molecule has 0 aromatic carbocycles. The Hall–Kier alpha value is -4.36. The van der Waals surface area contributed by atoms with Crippen LogP contribution < -0.4 is 0 Å². The van der Waals surface area contributed by atoms with Gasteiger partial charge in [0.15, 0.2) is 30.7 Å². The van der Waals surface area contributed by atoms with Crippen molar-refractivity contribution in [1.82, 2.24) is 0 Å². The maximum absolute atomic E-state index is 13.5. The molecule has 360 valence electrons. The van der Waals surface area contributed by atoms with E-state index < -0.39 is 122 Å². The smallest absolute Gasteiger partial charge is 0.308 e. The molecule has 0 radical (unpaired) electrons. The van der Waals surface area contributed by atoms with Crippen LogP contribution in [0, 0.1) is 0 Å². The van der Waals surface area contributed by atoms with E-state index >= 15 is 0 Å². The third kappa shape index (κ3) is 18.7. The molecule has 0 amide bonds. The Morgan fingerprint density at radius 3 is 0.968 bits per heavy atom. The third-order valence-corrected chi connectivity index (χ3v) is 9.51. The minimum absolute atomic E-state index is 0.0158. The molecule has 0 spiro atoms. The van der Waals surface area contributed by atoms with Crippen LogP contribution in [0.25, 0.3) is 0 Å². The lowest BCUT2D eigenvalue weighted by atomic mass is 9.95. The van der Waals surface area contributed by atoms with E-state index in [2.05, 4.69) is 0 Å². The van der Waals surface area contributed by atoms with Crippen molar-refractivity contribution < 1.29 is 90.5 Å². The van der Waals surface area contributed by atoms with E-state index in [9.17, 15) is 38.4 Å². The predicted octanol–water partition coefficient (Wildman–Crippen LogP) is 5.41. The van der Waals surface area contributed by atoms with Gasteiger partial charge in [0.1, 0.15) is 31.5 Å². The summed E-state index contributed by atoms with van der Waals surface area (Å²) in [6, 6.07) is 0. The quantitative estimate of drug-likeness (QED) is 0.0704. The maximum Gasteiger partial charge on any atom is 0.308 e. The Bertz CT molecular complexity index is 1470. The van der Waals surface area contributed by atoms with Crippen LogP contribution in [-0.4, -0.2) is 122 Å². The molecule has 0 aromatic heterocycles. The molecule has 2 aliphatic rings. The summed E-state index contributed by atoms with van der Waals surface area (Å²) in [7, 11) is 0. The van der Waals surface area contributed by atoms with Crippen molar-refractivity contribution in [2.75, 3.05) is 13.2 Å². The van der Waals surface area contributed by atoms with Crippen LogP contribution >= 0.6 is 0 Å². The molecule has 0 bridgehead atoms. The fraction of sp³-hybridized carbons (Fsp3) is 0.818. The zero-order chi connectivity index (χ0) is 46.9. The Morgan fingerprint density at radius 2 is 0.587 bits per heavy atom. The topological polar surface area (TPSA) is 238 Å². The van der Waals surface area contributed by atoms with Gasteiger partial charge in [-0.25, -0.2) is 0 Å². The monoisotopic (exact) mass is 902 g/mol. The summed E-state index contributed by atoms with van der Waals surface area (Å²) in [5.74, 6) is -5.80. The van der Waals surface area contributed by atoms with Crippen LogP contribution in [0.15, 0.2) is 0 Å². The summed E-state index contributed by atoms with van der Waals surface area (Å²) in [5, 5.41) is 0. The highest BCUT2D eigenvalue weighted by Crippen LogP contribution is 2.36. The first-order valence-corrected chi connectivity index (χ1v) is 22.6. The largest absolute Gasteiger partial charge is 0.463 e. The molecule has 0 aromatic rings. The number of hydrogen-bond donors (Lipinski definition) is 0. The standard InChI is InChI=1S/C44H70O19/c1-9-17-29(45)53-25-27-37(57-31(47)19-11-3)39(58-32(48)20-12-4)42(61-35(51)23-15-7)44(56-27)63-38-28(26-54-30(46)18-10-2)55-43(62-36(52)24-16-8)41(60-34(50)22-14-6)40(38)59-33(49)21-13-5/h27-28,37-44H,9-26H2,1-8H3. The molecular formula is C44H70O19. The zero-order valence-electron chi connectivity index (χ0n) is 38.3. The number of esters is 8. The summed E-state index contributed by atoms with van der Waals surface area (Å²) in [5.41, 5.74) is 0. The first-order chi connectivity index (χ1) is 30.2. The number of carbonyl (C=O) groups excluding carboxylic acids is 8. The Balaban J connectivity index is 2.96. The minimum atomic E-state index is -1.83. The van der Waals surface area contributed by atoms with Gasteiger partial charge in [-0.05, 0) is 51.4 Å². The summed E-state index contributed by atoms with van der Waals surface area (Å²) in [6.45, 7) is 12.8. The molecule has 10 unspecified atom stereocenters. The van der Waals surface area contributed by atoms with Gasteiger partial charge in [0, 0.05) is 51.4 Å². The normalized spacial score (nSPS) is 25.5. The van der Waals surface area contributed by atoms with Crippen molar-refractivity contribution in [3.63, 3.8) is 0 Å². The van der Waals surface area contributed by atoms with Gasteiger partial charge in [0.05, 0.1) is 0 Å². The van der Waals surface area contributed by atoms with E-state index in [1.54, 1.807) is 55.4 Å². The highest BCUT2D eigenvalue weighted by atomic mass is 16.8. The second kappa shape index (κ2) is 29.9. The van der Waals surface area contributed by atoms with Crippen LogP contribution in [0.2, 0.25) is 0 Å². The van der Waals surface area contributed by atoms with Gasteiger partial charge in [-0.2, -0.15) is 0 Å². The molecule has 19 nitrogen and oxygen atoms in total. The second-order valence-corrected chi connectivity index (χ2v) is 15.3. The lowest BCUT2D eigenvalue weighted by Gasteiger charge is -2.48. The summed E-state index contributed by atoms with van der Waals surface area (Å²) >= 11 is 0. The van der Waals surface area contributed by atoms with Crippen LogP contribution in [0.5, 0.6) is 0 Å². The van der Waals surface area contributed by atoms with Crippen molar-refractivity contribution in [3.8, 4) is 0 Å². The molecule has 10 atom stereocenters. The molecular weight excluding hydrogens is 832 g/mol. The van der Waals surface area contributed by atoms with Gasteiger partial charge in [0.25, 0.3) is 0 Å². The highest BCUT2D eigenvalue weighted by molar-refractivity contribution is 5.73. The van der Waals surface area contributed by atoms with Crippen LogP contribution in [0.1, 0.15) is 158 Å². The molecule has 2 heterocycles. The molecule has 0 aliphatic carbocycles. The summed E-state index contributed by atoms with van der Waals surface area (Å²) in [4.78, 5) is 105. The number of rotatable bonds is 28. The first kappa shape index (κ1) is 54.8. The molecule has 2 saturated heterocycles. The average Bonchev–Trinajstić information content (AvgIpc) is 3.21. The van der Waals surface area contributed by atoms with Crippen molar-refractivity contribution in [2.45, 2.75) is 220 Å². The Kier molecular flexibility index (Phi) is 26.0. The van der Waals surface area contributed by atoms with Gasteiger partial charge >= 0.3 is 47.8 Å². The zero-order valence-corrected chi connectivity index (χ0v) is 38.3. The van der Waals surface area contributed by atoms with Gasteiger partial charge < -0.3 is 52.1 Å². The van der Waals surface area contributed by atoms with E-state index in [1.807, 2.05) is 0 Å². The number of hydrogen-bond acceptors (Lipinski definition) is 19. The molecule has 2 rings (SSSR count). The summed E-state index contributed by atoms with van der Waals surface area (Å²) in [6.07, 6.45) is -13.7. The van der Waals surface area contributed by atoms with E-state index in [1.165, 1.54) is 0 Å². The van der Waals surface area contributed by atoms with Crippen molar-refractivity contribution in [2.24, 2.45) is 0 Å². The number of carbonyl (C=O) groups is 8. The van der Waals surface area contributed by atoms with Crippen LogP contribution in [0.3, 0.4) is 0 Å². The van der Waals surface area contributed by atoms with E-state index in [0.717, 1.165) is 0 Å². The Morgan fingerprint density at radius 1 is 0.317 bits per heavy atom. The summed E-state index contributed by atoms with van der Waals surface area (Å²) < 4.78 is 65.7. The molecule has 2 aliphatic heterocycles. The number of ether oxygens (including phenoxy) is 11. The van der Waals surface area contributed by atoms with Crippen LogP contribution in [0.4, 0.5) is 0 Å². The first-order valence-electron chi connectivity index (χ1n) is 22.6. The van der Waals surface area contributed by atoms with Crippen molar-refractivity contribution in [1.29, 1.82) is 0 Å². The van der Waals surface area contributed by atoms with E-state index in [4.69, 9.17) is 52.1 Å². The molecule has 0 saturated carbocycles. The molecule has 0 N–H and O–H groups in total. The van der Waals surface area contributed by atoms with Crippen molar-refractivity contribution >= 4 is 47.8 Å². The fourth-order valence-electron chi connectivity index (χ4n) is 6.58. The lowest BCUT2D eigenvalue weighted by molar-refractivity contribution is -0.358. The molecule has 19 heteroatoms. The lowest BCUT2D eigenvalue weighted by Crippen LogP contribution is -2.67. The van der Waals surface area contributed by atoms with Gasteiger partial charge in [0.2, 0.25) is 12.4 Å². The molecule has 2 fully saturated rings. The second-order valence-electron chi connectivity index (χ2n) is 15.3. The van der Waals surface area contributed by atoms with Crippen LogP contribution in [-0.2, 0) is 90.5 Å².